The molecule has 1 heterocycles. The summed E-state index contributed by atoms with van der Waals surface area (Å²) in [5.74, 6) is 0.212. The lowest BCUT2D eigenvalue weighted by Crippen LogP contribution is -2.40. The number of sulfonamides is 1. The molecular weight excluding hydrogens is 364 g/mol. The fraction of sp³-hybridized carbons (Fsp3) is 0.263. The fourth-order valence-electron chi connectivity index (χ4n) is 2.81. The highest BCUT2D eigenvalue weighted by molar-refractivity contribution is 7.92. The lowest BCUT2D eigenvalue weighted by atomic mass is 10.2. The van der Waals surface area contributed by atoms with Crippen LogP contribution in [0.15, 0.2) is 42.5 Å². The number of carbonyl (C=O) groups excluding carboxylic acids is 1. The van der Waals surface area contributed by atoms with Gasteiger partial charge in [0.05, 0.1) is 29.5 Å². The zero-order valence-electron chi connectivity index (χ0n) is 15.5. The SMILES string of the molecule is Cc1cccc(N(CC(=O)NCc2nc3ccc(C)cc3[nH]2)S(C)(=O)=O)c1. The van der Waals surface area contributed by atoms with E-state index in [4.69, 9.17) is 0 Å². The Balaban J connectivity index is 1.70. The number of nitrogens with zero attached hydrogens (tertiary/aromatic N) is 2. The van der Waals surface area contributed by atoms with Gasteiger partial charge in [-0.15, -0.1) is 0 Å². The summed E-state index contributed by atoms with van der Waals surface area (Å²) in [7, 11) is -3.59. The van der Waals surface area contributed by atoms with E-state index < -0.39 is 15.9 Å². The second-order valence-corrected chi connectivity index (χ2v) is 8.50. The van der Waals surface area contributed by atoms with Crippen LogP contribution in [0.2, 0.25) is 0 Å². The average molecular weight is 386 g/mol. The molecule has 0 atom stereocenters. The Kier molecular flexibility index (Phi) is 5.18. The van der Waals surface area contributed by atoms with E-state index in [1.807, 2.05) is 38.1 Å². The van der Waals surface area contributed by atoms with Crippen LogP contribution in [0.25, 0.3) is 11.0 Å². The Morgan fingerprint density at radius 1 is 1.15 bits per heavy atom. The van der Waals surface area contributed by atoms with Crippen LogP contribution in [0.4, 0.5) is 5.69 Å². The third kappa shape index (κ3) is 4.65. The number of hydrogen-bond acceptors (Lipinski definition) is 4. The smallest absolute Gasteiger partial charge is 0.241 e. The highest BCUT2D eigenvalue weighted by Gasteiger charge is 2.21. The van der Waals surface area contributed by atoms with Crippen LogP contribution in [0.3, 0.4) is 0 Å². The van der Waals surface area contributed by atoms with Crippen molar-refractivity contribution in [3.63, 3.8) is 0 Å². The van der Waals surface area contributed by atoms with Crippen molar-refractivity contribution in [3.8, 4) is 0 Å². The molecule has 1 aromatic heterocycles. The van der Waals surface area contributed by atoms with E-state index >= 15 is 0 Å². The van der Waals surface area contributed by atoms with Crippen molar-refractivity contribution >= 4 is 32.7 Å². The predicted molar refractivity (Wildman–Crippen MR) is 106 cm³/mol. The first kappa shape index (κ1) is 18.9. The Labute approximate surface area is 158 Å². The monoisotopic (exact) mass is 386 g/mol. The molecule has 2 aromatic carbocycles. The van der Waals surface area contributed by atoms with E-state index in [0.717, 1.165) is 32.7 Å². The number of carbonyl (C=O) groups is 1. The number of H-pyrrole nitrogens is 1. The van der Waals surface area contributed by atoms with Crippen molar-refractivity contribution in [2.45, 2.75) is 20.4 Å². The van der Waals surface area contributed by atoms with Crippen LogP contribution < -0.4 is 9.62 Å². The summed E-state index contributed by atoms with van der Waals surface area (Å²) in [6, 6.07) is 12.9. The minimum atomic E-state index is -3.59. The van der Waals surface area contributed by atoms with Gasteiger partial charge in [-0.05, 0) is 49.2 Å². The number of benzene rings is 2. The van der Waals surface area contributed by atoms with Gasteiger partial charge in [-0.25, -0.2) is 13.4 Å². The fourth-order valence-corrected chi connectivity index (χ4v) is 3.66. The van der Waals surface area contributed by atoms with Gasteiger partial charge in [0.25, 0.3) is 0 Å². The van der Waals surface area contributed by atoms with E-state index in [9.17, 15) is 13.2 Å². The van der Waals surface area contributed by atoms with Crippen molar-refractivity contribution in [2.75, 3.05) is 17.1 Å². The topological polar surface area (TPSA) is 95.2 Å². The van der Waals surface area contributed by atoms with E-state index in [-0.39, 0.29) is 13.1 Å². The molecule has 2 N–H and O–H groups in total. The quantitative estimate of drug-likeness (QED) is 0.679. The molecule has 142 valence electrons. The van der Waals surface area contributed by atoms with Gasteiger partial charge in [0, 0.05) is 0 Å². The standard InChI is InChI=1S/C19H22N4O3S/c1-13-5-4-6-15(9-13)23(27(3,25)26)12-19(24)20-11-18-21-16-8-7-14(2)10-17(16)22-18/h4-10H,11-12H2,1-3H3,(H,20,24)(H,21,22). The predicted octanol–water partition coefficient (Wildman–Crippen LogP) is 2.26. The van der Waals surface area contributed by atoms with Gasteiger partial charge >= 0.3 is 0 Å². The molecule has 27 heavy (non-hydrogen) atoms. The number of amides is 1. The molecule has 0 fully saturated rings. The molecule has 0 aliphatic carbocycles. The van der Waals surface area contributed by atoms with Gasteiger partial charge in [0.15, 0.2) is 0 Å². The Hall–Kier alpha value is -2.87. The van der Waals surface area contributed by atoms with Gasteiger partial charge in [-0.2, -0.15) is 0 Å². The molecule has 0 spiro atoms. The minimum Gasteiger partial charge on any atom is -0.347 e. The van der Waals surface area contributed by atoms with Crippen molar-refractivity contribution in [1.82, 2.24) is 15.3 Å². The van der Waals surface area contributed by atoms with E-state index in [0.29, 0.717) is 11.5 Å². The zero-order valence-corrected chi connectivity index (χ0v) is 16.3. The number of nitrogens with one attached hydrogen (secondary N) is 2. The maximum absolute atomic E-state index is 12.3. The summed E-state index contributed by atoms with van der Waals surface area (Å²) in [6.07, 6.45) is 1.09. The number of aromatic amines is 1. The Bertz CT molecular complexity index is 1090. The first-order valence-electron chi connectivity index (χ1n) is 8.49. The average Bonchev–Trinajstić information content (AvgIpc) is 2.98. The lowest BCUT2D eigenvalue weighted by molar-refractivity contribution is -0.119. The maximum Gasteiger partial charge on any atom is 0.241 e. The molecule has 7 nitrogen and oxygen atoms in total. The largest absolute Gasteiger partial charge is 0.347 e. The maximum atomic E-state index is 12.3. The second kappa shape index (κ2) is 7.40. The summed E-state index contributed by atoms with van der Waals surface area (Å²) in [5, 5.41) is 2.72. The van der Waals surface area contributed by atoms with Gasteiger partial charge in [0.2, 0.25) is 15.9 Å². The van der Waals surface area contributed by atoms with Crippen LogP contribution in [0.1, 0.15) is 17.0 Å². The molecular formula is C19H22N4O3S. The van der Waals surface area contributed by atoms with Gasteiger partial charge in [-0.1, -0.05) is 18.2 Å². The molecule has 1 amide bonds. The molecule has 3 aromatic rings. The Morgan fingerprint density at radius 3 is 2.59 bits per heavy atom. The summed E-state index contributed by atoms with van der Waals surface area (Å²) >= 11 is 0. The number of hydrogen-bond donors (Lipinski definition) is 2. The molecule has 0 saturated heterocycles. The van der Waals surface area contributed by atoms with Crippen molar-refractivity contribution in [3.05, 3.63) is 59.4 Å². The van der Waals surface area contributed by atoms with Crippen molar-refractivity contribution < 1.29 is 13.2 Å². The summed E-state index contributed by atoms with van der Waals surface area (Å²) in [4.78, 5) is 19.9. The molecule has 0 bridgehead atoms. The van der Waals surface area contributed by atoms with Crippen LogP contribution in [0.5, 0.6) is 0 Å². The third-order valence-electron chi connectivity index (χ3n) is 4.12. The number of aryl methyl sites for hydroxylation is 2. The normalized spacial score (nSPS) is 11.5. The molecule has 0 radical (unpaired) electrons. The van der Waals surface area contributed by atoms with Crippen LogP contribution >= 0.6 is 0 Å². The molecule has 0 aliphatic rings. The highest BCUT2D eigenvalue weighted by Crippen LogP contribution is 2.18. The number of imidazole rings is 1. The minimum absolute atomic E-state index is 0.192. The molecule has 0 saturated carbocycles. The molecule has 8 heteroatoms. The lowest BCUT2D eigenvalue weighted by Gasteiger charge is -2.22. The molecule has 0 aliphatic heterocycles. The molecule has 3 rings (SSSR count). The van der Waals surface area contributed by atoms with Crippen molar-refractivity contribution in [1.29, 1.82) is 0 Å². The summed E-state index contributed by atoms with van der Waals surface area (Å²) < 4.78 is 25.4. The number of fused-ring (bicyclic) bond motifs is 1. The van der Waals surface area contributed by atoms with Crippen molar-refractivity contribution in [2.24, 2.45) is 0 Å². The first-order chi connectivity index (χ1) is 12.7. The van der Waals surface area contributed by atoms with E-state index in [1.54, 1.807) is 18.2 Å². The van der Waals surface area contributed by atoms with Crippen LogP contribution in [0, 0.1) is 13.8 Å². The third-order valence-corrected chi connectivity index (χ3v) is 5.26. The number of anilines is 1. The van der Waals surface area contributed by atoms with E-state index in [2.05, 4.69) is 15.3 Å². The van der Waals surface area contributed by atoms with Crippen LogP contribution in [-0.2, 0) is 21.4 Å². The van der Waals surface area contributed by atoms with Gasteiger partial charge < -0.3 is 10.3 Å². The first-order valence-corrected chi connectivity index (χ1v) is 10.3. The molecule has 0 unspecified atom stereocenters. The number of rotatable bonds is 6. The highest BCUT2D eigenvalue weighted by atomic mass is 32.2. The number of aromatic nitrogens is 2. The summed E-state index contributed by atoms with van der Waals surface area (Å²) in [6.45, 7) is 3.76. The summed E-state index contributed by atoms with van der Waals surface area (Å²) in [5.41, 5.74) is 4.22. The van der Waals surface area contributed by atoms with Gasteiger partial charge in [-0.3, -0.25) is 9.10 Å². The zero-order chi connectivity index (χ0) is 19.6. The van der Waals surface area contributed by atoms with Crippen LogP contribution in [-0.4, -0.2) is 37.1 Å². The Morgan fingerprint density at radius 2 is 1.89 bits per heavy atom. The van der Waals surface area contributed by atoms with Gasteiger partial charge in [0.1, 0.15) is 12.4 Å². The van der Waals surface area contributed by atoms with E-state index in [1.165, 1.54) is 0 Å². The second-order valence-electron chi connectivity index (χ2n) is 6.59.